The minimum absolute atomic E-state index is 0.240. The Morgan fingerprint density at radius 2 is 1.56 bits per heavy atom. The topological polar surface area (TPSA) is 59.6 Å². The van der Waals surface area contributed by atoms with E-state index in [1.165, 1.54) is 0 Å². The molecule has 2 N–H and O–H groups in total. The van der Waals surface area contributed by atoms with Crippen molar-refractivity contribution in [1.29, 1.82) is 0 Å². The van der Waals surface area contributed by atoms with E-state index < -0.39 is 0 Å². The molecule has 5 nitrogen and oxygen atoms in total. The molecular formula is C21H26N2O3S. The van der Waals surface area contributed by atoms with Crippen molar-refractivity contribution in [2.24, 2.45) is 0 Å². The van der Waals surface area contributed by atoms with E-state index >= 15 is 0 Å². The van der Waals surface area contributed by atoms with Crippen molar-refractivity contribution in [2.75, 3.05) is 18.5 Å². The Kier molecular flexibility index (Phi) is 8.58. The highest BCUT2D eigenvalue weighted by molar-refractivity contribution is 7.80. The number of anilines is 1. The number of unbranched alkanes of at least 4 members (excludes halogenated alkanes) is 2. The van der Waals surface area contributed by atoms with Gasteiger partial charge in [0.1, 0.15) is 11.5 Å². The molecular weight excluding hydrogens is 360 g/mol. The largest absolute Gasteiger partial charge is 0.494 e. The number of nitrogens with one attached hydrogen (secondary N) is 2. The molecule has 144 valence electrons. The van der Waals surface area contributed by atoms with Crippen LogP contribution < -0.4 is 20.1 Å². The molecule has 0 atom stereocenters. The molecule has 2 rings (SSSR count). The Morgan fingerprint density at radius 3 is 2.19 bits per heavy atom. The molecule has 27 heavy (non-hydrogen) atoms. The molecule has 0 aliphatic heterocycles. The molecule has 0 bridgehead atoms. The summed E-state index contributed by atoms with van der Waals surface area (Å²) in [5.41, 5.74) is 1.30. The quantitative estimate of drug-likeness (QED) is 0.480. The lowest BCUT2D eigenvalue weighted by Crippen LogP contribution is -2.34. The van der Waals surface area contributed by atoms with Gasteiger partial charge in [-0.15, -0.1) is 0 Å². The molecule has 0 aromatic heterocycles. The van der Waals surface area contributed by atoms with Crippen molar-refractivity contribution in [3.8, 4) is 11.5 Å². The monoisotopic (exact) mass is 386 g/mol. The number of benzene rings is 2. The Morgan fingerprint density at radius 1 is 0.926 bits per heavy atom. The minimum Gasteiger partial charge on any atom is -0.494 e. The third-order valence-electron chi connectivity index (χ3n) is 3.78. The van der Waals surface area contributed by atoms with Crippen LogP contribution in [-0.2, 0) is 0 Å². The van der Waals surface area contributed by atoms with Crippen molar-refractivity contribution in [2.45, 2.75) is 33.1 Å². The van der Waals surface area contributed by atoms with E-state index in [1.807, 2.05) is 31.2 Å². The molecule has 0 saturated heterocycles. The van der Waals surface area contributed by atoms with Crippen molar-refractivity contribution < 1.29 is 14.3 Å². The van der Waals surface area contributed by atoms with Crippen LogP contribution in [0.25, 0.3) is 0 Å². The van der Waals surface area contributed by atoms with Crippen molar-refractivity contribution in [1.82, 2.24) is 5.32 Å². The fraction of sp³-hybridized carbons (Fsp3) is 0.333. The summed E-state index contributed by atoms with van der Waals surface area (Å²) < 4.78 is 11.0. The van der Waals surface area contributed by atoms with Gasteiger partial charge in [-0.1, -0.05) is 19.8 Å². The van der Waals surface area contributed by atoms with Gasteiger partial charge >= 0.3 is 0 Å². The maximum absolute atomic E-state index is 12.3. The number of carbonyl (C=O) groups excluding carboxylic acids is 1. The number of carbonyl (C=O) groups is 1. The van der Waals surface area contributed by atoms with Crippen LogP contribution in [0.4, 0.5) is 5.69 Å². The molecule has 6 heteroatoms. The number of hydrogen-bond donors (Lipinski definition) is 2. The second-order valence-corrected chi connectivity index (χ2v) is 6.35. The highest BCUT2D eigenvalue weighted by Crippen LogP contribution is 2.16. The summed E-state index contributed by atoms with van der Waals surface area (Å²) in [6.07, 6.45) is 3.34. The van der Waals surface area contributed by atoms with Gasteiger partial charge in [0.25, 0.3) is 5.91 Å². The second-order valence-electron chi connectivity index (χ2n) is 5.95. The van der Waals surface area contributed by atoms with Gasteiger partial charge in [0.15, 0.2) is 5.11 Å². The van der Waals surface area contributed by atoms with Crippen molar-refractivity contribution in [3.05, 3.63) is 54.1 Å². The Labute approximate surface area is 166 Å². The lowest BCUT2D eigenvalue weighted by molar-refractivity contribution is 0.0977. The van der Waals surface area contributed by atoms with Crippen LogP contribution in [0.2, 0.25) is 0 Å². The predicted molar refractivity (Wildman–Crippen MR) is 113 cm³/mol. The number of hydrogen-bond acceptors (Lipinski definition) is 4. The Balaban J connectivity index is 1.82. The van der Waals surface area contributed by atoms with Gasteiger partial charge in [-0.05, 0) is 74.1 Å². The first-order valence-electron chi connectivity index (χ1n) is 9.20. The zero-order chi connectivity index (χ0) is 19.5. The van der Waals surface area contributed by atoms with Crippen LogP contribution >= 0.6 is 12.2 Å². The number of ether oxygens (including phenoxy) is 2. The highest BCUT2D eigenvalue weighted by Gasteiger charge is 2.08. The molecule has 2 aromatic carbocycles. The average molecular weight is 387 g/mol. The predicted octanol–water partition coefficient (Wildman–Crippen LogP) is 4.78. The van der Waals surface area contributed by atoms with E-state index in [4.69, 9.17) is 21.7 Å². The van der Waals surface area contributed by atoms with E-state index in [0.717, 1.165) is 36.4 Å². The van der Waals surface area contributed by atoms with Crippen molar-refractivity contribution in [3.63, 3.8) is 0 Å². The fourth-order valence-corrected chi connectivity index (χ4v) is 2.59. The van der Waals surface area contributed by atoms with Gasteiger partial charge in [-0.3, -0.25) is 10.1 Å². The van der Waals surface area contributed by atoms with E-state index in [9.17, 15) is 4.79 Å². The molecule has 0 radical (unpaired) electrons. The van der Waals surface area contributed by atoms with Crippen LogP contribution in [0.15, 0.2) is 48.5 Å². The van der Waals surface area contributed by atoms with E-state index in [1.54, 1.807) is 24.3 Å². The summed E-state index contributed by atoms with van der Waals surface area (Å²) in [7, 11) is 0. The lowest BCUT2D eigenvalue weighted by atomic mass is 10.2. The van der Waals surface area contributed by atoms with E-state index in [0.29, 0.717) is 18.8 Å². The summed E-state index contributed by atoms with van der Waals surface area (Å²) in [4.78, 5) is 12.3. The maximum atomic E-state index is 12.3. The van der Waals surface area contributed by atoms with Gasteiger partial charge < -0.3 is 14.8 Å². The molecule has 0 unspecified atom stereocenters. The van der Waals surface area contributed by atoms with Crippen LogP contribution in [-0.4, -0.2) is 24.2 Å². The molecule has 0 aliphatic carbocycles. The van der Waals surface area contributed by atoms with Crippen LogP contribution in [0.3, 0.4) is 0 Å². The Hall–Kier alpha value is -2.60. The zero-order valence-electron chi connectivity index (χ0n) is 15.8. The lowest BCUT2D eigenvalue weighted by Gasteiger charge is -2.11. The summed E-state index contributed by atoms with van der Waals surface area (Å²) in [6.45, 7) is 5.39. The summed E-state index contributed by atoms with van der Waals surface area (Å²) in [5, 5.41) is 5.90. The standard InChI is InChI=1S/C21H26N2O3S/c1-3-5-6-15-26-19-11-7-16(8-12-19)20(24)23-21(27)22-17-9-13-18(14-10-17)25-4-2/h7-14H,3-6,15H2,1-2H3,(H2,22,23,24,27). The number of thiocarbonyl (C=S) groups is 1. The smallest absolute Gasteiger partial charge is 0.257 e. The summed E-state index contributed by atoms with van der Waals surface area (Å²) >= 11 is 5.21. The van der Waals surface area contributed by atoms with Gasteiger partial charge in [-0.2, -0.15) is 0 Å². The maximum Gasteiger partial charge on any atom is 0.257 e. The molecule has 0 heterocycles. The first kappa shape index (κ1) is 20.7. The average Bonchev–Trinajstić information content (AvgIpc) is 2.67. The van der Waals surface area contributed by atoms with Gasteiger partial charge in [0.2, 0.25) is 0 Å². The summed E-state index contributed by atoms with van der Waals surface area (Å²) in [6, 6.07) is 14.4. The summed E-state index contributed by atoms with van der Waals surface area (Å²) in [5.74, 6) is 1.28. The minimum atomic E-state index is -0.268. The van der Waals surface area contributed by atoms with E-state index in [2.05, 4.69) is 17.6 Å². The zero-order valence-corrected chi connectivity index (χ0v) is 16.6. The highest BCUT2D eigenvalue weighted by atomic mass is 32.1. The van der Waals surface area contributed by atoms with Crippen molar-refractivity contribution >= 4 is 28.9 Å². The Bertz CT molecular complexity index is 730. The second kappa shape index (κ2) is 11.2. The molecule has 0 fully saturated rings. The third kappa shape index (κ3) is 7.27. The molecule has 0 aliphatic rings. The fourth-order valence-electron chi connectivity index (χ4n) is 2.38. The van der Waals surface area contributed by atoms with E-state index in [-0.39, 0.29) is 11.0 Å². The molecule has 0 saturated carbocycles. The first-order chi connectivity index (χ1) is 13.1. The van der Waals surface area contributed by atoms with Crippen LogP contribution in [0, 0.1) is 0 Å². The molecule has 1 amide bonds. The van der Waals surface area contributed by atoms with Crippen LogP contribution in [0.5, 0.6) is 11.5 Å². The van der Waals surface area contributed by atoms with Gasteiger partial charge in [0, 0.05) is 11.3 Å². The first-order valence-corrected chi connectivity index (χ1v) is 9.61. The van der Waals surface area contributed by atoms with Gasteiger partial charge in [-0.25, -0.2) is 0 Å². The normalized spacial score (nSPS) is 10.1. The molecule has 0 spiro atoms. The number of rotatable bonds is 9. The SMILES string of the molecule is CCCCCOc1ccc(C(=O)NC(=S)Nc2ccc(OCC)cc2)cc1. The number of amides is 1. The molecule has 2 aromatic rings. The van der Waals surface area contributed by atoms with Gasteiger partial charge in [0.05, 0.1) is 13.2 Å². The van der Waals surface area contributed by atoms with Crippen LogP contribution in [0.1, 0.15) is 43.5 Å². The third-order valence-corrected chi connectivity index (χ3v) is 3.99.